The van der Waals surface area contributed by atoms with E-state index in [1.807, 2.05) is 36.0 Å². The molecule has 8 nitrogen and oxygen atoms in total. The maximum Gasteiger partial charge on any atom is 0.191 e. The van der Waals surface area contributed by atoms with E-state index in [-0.39, 0.29) is 0 Å². The Kier molecular flexibility index (Phi) is 8.57. The van der Waals surface area contributed by atoms with Crippen LogP contribution in [0.5, 0.6) is 0 Å². The molecule has 0 atom stereocenters. The molecule has 26 heavy (non-hydrogen) atoms. The summed E-state index contributed by atoms with van der Waals surface area (Å²) < 4.78 is 12.3. The lowest BCUT2D eigenvalue weighted by atomic mass is 10.3. The Morgan fingerprint density at radius 3 is 2.73 bits per heavy atom. The number of rotatable bonds is 10. The average molecular weight is 360 g/mol. The van der Waals surface area contributed by atoms with E-state index in [2.05, 4.69) is 25.6 Å². The number of ether oxygens (including phenoxy) is 2. The molecule has 0 aromatic carbocycles. The minimum absolute atomic E-state index is 0.629. The maximum absolute atomic E-state index is 5.43. The van der Waals surface area contributed by atoms with Crippen LogP contribution in [0.4, 0.5) is 0 Å². The largest absolute Gasteiger partial charge is 0.382 e. The zero-order valence-corrected chi connectivity index (χ0v) is 15.7. The van der Waals surface area contributed by atoms with Crippen molar-refractivity contribution in [2.75, 3.05) is 40.5 Å². The normalized spacial score (nSPS) is 11.6. The van der Waals surface area contributed by atoms with Crippen molar-refractivity contribution in [2.45, 2.75) is 19.9 Å². The molecule has 0 saturated carbocycles. The van der Waals surface area contributed by atoms with Crippen molar-refractivity contribution >= 4 is 5.96 Å². The summed E-state index contributed by atoms with van der Waals surface area (Å²) in [5, 5.41) is 6.55. The Labute approximate surface area is 154 Å². The molecule has 0 radical (unpaired) electrons. The summed E-state index contributed by atoms with van der Waals surface area (Å²) in [4.78, 5) is 12.9. The standard InChI is InChI=1S/C18H28N6O2/c1-15-20-8-9-24(15)17-6-5-16(13-22-17)14-23-18(19-2)21-7-4-10-26-12-11-25-3/h5-6,8-9,13H,4,7,10-12,14H2,1-3H3,(H2,19,21,23). The van der Waals surface area contributed by atoms with Gasteiger partial charge in [0.05, 0.1) is 13.2 Å². The Morgan fingerprint density at radius 1 is 1.19 bits per heavy atom. The van der Waals surface area contributed by atoms with Crippen LogP contribution in [0.2, 0.25) is 0 Å². The summed E-state index contributed by atoms with van der Waals surface area (Å²) in [5.74, 6) is 2.54. The minimum Gasteiger partial charge on any atom is -0.382 e. The molecular formula is C18H28N6O2. The first-order chi connectivity index (χ1) is 12.7. The van der Waals surface area contributed by atoms with Gasteiger partial charge < -0.3 is 20.1 Å². The first-order valence-electron chi connectivity index (χ1n) is 8.71. The first kappa shape index (κ1) is 19.9. The topological polar surface area (TPSA) is 85.6 Å². The van der Waals surface area contributed by atoms with Gasteiger partial charge in [0.1, 0.15) is 11.6 Å². The SMILES string of the molecule is CN=C(NCCCOCCOC)NCc1ccc(-n2ccnc2C)nc1. The molecule has 0 spiro atoms. The predicted molar refractivity (Wildman–Crippen MR) is 102 cm³/mol. The van der Waals surface area contributed by atoms with Gasteiger partial charge in [0.25, 0.3) is 0 Å². The van der Waals surface area contributed by atoms with Crippen molar-refractivity contribution in [3.8, 4) is 5.82 Å². The lowest BCUT2D eigenvalue weighted by molar-refractivity contribution is 0.0698. The van der Waals surface area contributed by atoms with Gasteiger partial charge in [0.15, 0.2) is 5.96 Å². The molecule has 0 saturated heterocycles. The molecule has 0 unspecified atom stereocenters. The molecule has 142 valence electrons. The van der Waals surface area contributed by atoms with Crippen LogP contribution >= 0.6 is 0 Å². The summed E-state index contributed by atoms with van der Waals surface area (Å²) in [6.07, 6.45) is 6.44. The fourth-order valence-corrected chi connectivity index (χ4v) is 2.32. The van der Waals surface area contributed by atoms with Crippen LogP contribution in [0.1, 0.15) is 17.8 Å². The summed E-state index contributed by atoms with van der Waals surface area (Å²) in [5.41, 5.74) is 1.08. The number of aliphatic imine (C=N–C) groups is 1. The van der Waals surface area contributed by atoms with E-state index in [1.165, 1.54) is 0 Å². The molecule has 0 bridgehead atoms. The number of guanidine groups is 1. The van der Waals surface area contributed by atoms with Gasteiger partial charge >= 0.3 is 0 Å². The number of imidazole rings is 1. The van der Waals surface area contributed by atoms with E-state index in [0.29, 0.717) is 26.4 Å². The Balaban J connectivity index is 1.70. The van der Waals surface area contributed by atoms with E-state index >= 15 is 0 Å². The highest BCUT2D eigenvalue weighted by Crippen LogP contribution is 2.08. The van der Waals surface area contributed by atoms with Gasteiger partial charge in [-0.25, -0.2) is 9.97 Å². The van der Waals surface area contributed by atoms with Gasteiger partial charge in [-0.15, -0.1) is 0 Å². The average Bonchev–Trinajstić information content (AvgIpc) is 3.10. The predicted octanol–water partition coefficient (Wildman–Crippen LogP) is 1.29. The lowest BCUT2D eigenvalue weighted by Crippen LogP contribution is -2.37. The van der Waals surface area contributed by atoms with Gasteiger partial charge in [-0.3, -0.25) is 9.56 Å². The second kappa shape index (κ2) is 11.2. The van der Waals surface area contributed by atoms with Crippen molar-refractivity contribution in [3.05, 3.63) is 42.1 Å². The molecule has 0 fully saturated rings. The molecule has 2 rings (SSSR count). The van der Waals surface area contributed by atoms with Crippen LogP contribution in [-0.4, -0.2) is 61.0 Å². The van der Waals surface area contributed by atoms with Gasteiger partial charge in [-0.05, 0) is 25.0 Å². The Morgan fingerprint density at radius 2 is 2.08 bits per heavy atom. The van der Waals surface area contributed by atoms with Crippen molar-refractivity contribution in [3.63, 3.8) is 0 Å². The molecule has 2 aromatic heterocycles. The van der Waals surface area contributed by atoms with E-state index in [1.54, 1.807) is 20.4 Å². The number of nitrogens with zero attached hydrogens (tertiary/aromatic N) is 4. The molecule has 8 heteroatoms. The fraction of sp³-hybridized carbons (Fsp3) is 0.500. The first-order valence-corrected chi connectivity index (χ1v) is 8.71. The van der Waals surface area contributed by atoms with Crippen molar-refractivity contribution in [2.24, 2.45) is 4.99 Å². The van der Waals surface area contributed by atoms with Crippen LogP contribution in [0.3, 0.4) is 0 Å². The van der Waals surface area contributed by atoms with Gasteiger partial charge in [0.2, 0.25) is 0 Å². The fourth-order valence-electron chi connectivity index (χ4n) is 2.32. The van der Waals surface area contributed by atoms with Crippen molar-refractivity contribution in [1.82, 2.24) is 25.2 Å². The highest BCUT2D eigenvalue weighted by Gasteiger charge is 2.03. The second-order valence-electron chi connectivity index (χ2n) is 5.68. The molecule has 0 aliphatic carbocycles. The molecule has 2 heterocycles. The highest BCUT2D eigenvalue weighted by atomic mass is 16.5. The number of hydrogen-bond acceptors (Lipinski definition) is 5. The van der Waals surface area contributed by atoms with E-state index in [4.69, 9.17) is 9.47 Å². The third-order valence-electron chi connectivity index (χ3n) is 3.75. The van der Waals surface area contributed by atoms with Crippen molar-refractivity contribution in [1.29, 1.82) is 0 Å². The lowest BCUT2D eigenvalue weighted by Gasteiger charge is -2.12. The van der Waals surface area contributed by atoms with Crippen LogP contribution in [0, 0.1) is 6.92 Å². The van der Waals surface area contributed by atoms with Crippen LogP contribution in [0.15, 0.2) is 35.7 Å². The van der Waals surface area contributed by atoms with E-state index in [0.717, 1.165) is 36.1 Å². The summed E-state index contributed by atoms with van der Waals surface area (Å²) in [6, 6.07) is 4.03. The maximum atomic E-state index is 5.43. The molecule has 2 aromatic rings. The molecule has 0 aliphatic rings. The molecular weight excluding hydrogens is 332 g/mol. The van der Waals surface area contributed by atoms with Gasteiger partial charge in [-0.2, -0.15) is 0 Å². The third-order valence-corrected chi connectivity index (χ3v) is 3.75. The van der Waals surface area contributed by atoms with E-state index < -0.39 is 0 Å². The highest BCUT2D eigenvalue weighted by molar-refractivity contribution is 5.79. The Hall–Kier alpha value is -2.45. The van der Waals surface area contributed by atoms with Crippen LogP contribution in [0.25, 0.3) is 5.82 Å². The number of aryl methyl sites for hydroxylation is 1. The van der Waals surface area contributed by atoms with Gasteiger partial charge in [0, 0.05) is 52.4 Å². The Bertz CT molecular complexity index is 669. The zero-order chi connectivity index (χ0) is 18.6. The van der Waals surface area contributed by atoms with Gasteiger partial charge in [-0.1, -0.05) is 6.07 Å². The summed E-state index contributed by atoms with van der Waals surface area (Å²) in [6.45, 7) is 5.36. The summed E-state index contributed by atoms with van der Waals surface area (Å²) in [7, 11) is 3.43. The van der Waals surface area contributed by atoms with Crippen molar-refractivity contribution < 1.29 is 9.47 Å². The van der Waals surface area contributed by atoms with E-state index in [9.17, 15) is 0 Å². The molecule has 2 N–H and O–H groups in total. The summed E-state index contributed by atoms with van der Waals surface area (Å²) >= 11 is 0. The third kappa shape index (κ3) is 6.45. The zero-order valence-electron chi connectivity index (χ0n) is 15.7. The monoisotopic (exact) mass is 360 g/mol. The van der Waals surface area contributed by atoms with Crippen LogP contribution < -0.4 is 10.6 Å². The number of hydrogen-bond donors (Lipinski definition) is 2. The number of aromatic nitrogens is 3. The molecule has 0 aliphatic heterocycles. The number of methoxy groups -OCH3 is 1. The second-order valence-corrected chi connectivity index (χ2v) is 5.68. The minimum atomic E-state index is 0.629. The molecule has 0 amide bonds. The quantitative estimate of drug-likeness (QED) is 0.377. The number of pyridine rings is 1. The van der Waals surface area contributed by atoms with Crippen LogP contribution in [-0.2, 0) is 16.0 Å². The number of nitrogens with one attached hydrogen (secondary N) is 2. The smallest absolute Gasteiger partial charge is 0.191 e.